The Labute approximate surface area is 119 Å². The van der Waals surface area contributed by atoms with Gasteiger partial charge < -0.3 is 20.3 Å². The summed E-state index contributed by atoms with van der Waals surface area (Å²) in [5, 5.41) is 12.1. The Morgan fingerprint density at radius 2 is 1.85 bits per heavy atom. The standard InChI is InChI=1S/C16H21NO3/c1-16(2,18)15(17)12-9-11(19-3)8-10-6-5-7-13(20-4)14(10)12/h5-9,15,18H,17H2,1-4H3. The topological polar surface area (TPSA) is 64.7 Å². The molecule has 0 amide bonds. The predicted molar refractivity (Wildman–Crippen MR) is 80.3 cm³/mol. The van der Waals surface area contributed by atoms with Crippen molar-refractivity contribution in [2.24, 2.45) is 5.73 Å². The van der Waals surface area contributed by atoms with Crippen LogP contribution in [-0.2, 0) is 0 Å². The molecule has 1 unspecified atom stereocenters. The number of hydrogen-bond acceptors (Lipinski definition) is 4. The van der Waals surface area contributed by atoms with Crippen LogP contribution in [0, 0.1) is 0 Å². The highest BCUT2D eigenvalue weighted by Gasteiger charge is 2.27. The summed E-state index contributed by atoms with van der Waals surface area (Å²) in [4.78, 5) is 0. The van der Waals surface area contributed by atoms with Gasteiger partial charge in [-0.05, 0) is 43.0 Å². The quantitative estimate of drug-likeness (QED) is 0.900. The molecule has 0 bridgehead atoms. The van der Waals surface area contributed by atoms with E-state index in [0.29, 0.717) is 5.75 Å². The van der Waals surface area contributed by atoms with E-state index < -0.39 is 11.6 Å². The Morgan fingerprint density at radius 1 is 1.15 bits per heavy atom. The van der Waals surface area contributed by atoms with E-state index >= 15 is 0 Å². The molecule has 2 aromatic carbocycles. The van der Waals surface area contributed by atoms with Crippen LogP contribution >= 0.6 is 0 Å². The van der Waals surface area contributed by atoms with Crippen LogP contribution in [0.4, 0.5) is 0 Å². The first kappa shape index (κ1) is 14.6. The summed E-state index contributed by atoms with van der Waals surface area (Å²) in [5.41, 5.74) is 5.99. The summed E-state index contributed by atoms with van der Waals surface area (Å²) in [5.74, 6) is 1.44. The average molecular weight is 275 g/mol. The van der Waals surface area contributed by atoms with Crippen molar-refractivity contribution in [1.29, 1.82) is 0 Å². The molecule has 0 aliphatic rings. The Bertz CT molecular complexity index is 617. The molecule has 0 aromatic heterocycles. The van der Waals surface area contributed by atoms with Gasteiger partial charge >= 0.3 is 0 Å². The first-order valence-electron chi connectivity index (χ1n) is 6.51. The largest absolute Gasteiger partial charge is 0.497 e. The highest BCUT2D eigenvalue weighted by molar-refractivity contribution is 5.93. The van der Waals surface area contributed by atoms with Gasteiger partial charge in [0, 0.05) is 5.39 Å². The molecule has 0 saturated carbocycles. The zero-order valence-electron chi connectivity index (χ0n) is 12.3. The maximum Gasteiger partial charge on any atom is 0.127 e. The number of benzene rings is 2. The molecule has 0 radical (unpaired) electrons. The van der Waals surface area contributed by atoms with Crippen LogP contribution in [0.3, 0.4) is 0 Å². The third-order valence-corrected chi connectivity index (χ3v) is 3.49. The highest BCUT2D eigenvalue weighted by atomic mass is 16.5. The summed E-state index contributed by atoms with van der Waals surface area (Å²) in [6.45, 7) is 3.39. The molecule has 4 nitrogen and oxygen atoms in total. The molecule has 0 aliphatic heterocycles. The summed E-state index contributed by atoms with van der Waals surface area (Å²) in [6.07, 6.45) is 0. The molecule has 0 aliphatic carbocycles. The minimum atomic E-state index is -1.04. The second-order valence-corrected chi connectivity index (χ2v) is 5.41. The summed E-state index contributed by atoms with van der Waals surface area (Å²) >= 11 is 0. The van der Waals surface area contributed by atoms with E-state index in [1.807, 2.05) is 30.3 Å². The van der Waals surface area contributed by atoms with Crippen molar-refractivity contribution in [1.82, 2.24) is 0 Å². The number of fused-ring (bicyclic) bond motifs is 1. The lowest BCUT2D eigenvalue weighted by atomic mass is 9.88. The van der Waals surface area contributed by atoms with Crippen LogP contribution in [0.5, 0.6) is 11.5 Å². The Kier molecular flexibility index (Phi) is 3.88. The van der Waals surface area contributed by atoms with Gasteiger partial charge in [0.05, 0.1) is 25.9 Å². The molecule has 4 heteroatoms. The van der Waals surface area contributed by atoms with Gasteiger partial charge in [0.2, 0.25) is 0 Å². The molecule has 0 saturated heterocycles. The summed E-state index contributed by atoms with van der Waals surface area (Å²) in [7, 11) is 3.24. The van der Waals surface area contributed by atoms with Gasteiger partial charge in [0.15, 0.2) is 0 Å². The zero-order valence-corrected chi connectivity index (χ0v) is 12.3. The van der Waals surface area contributed by atoms with Gasteiger partial charge in [-0.3, -0.25) is 0 Å². The number of nitrogens with two attached hydrogens (primary N) is 1. The fourth-order valence-corrected chi connectivity index (χ4v) is 2.31. The van der Waals surface area contributed by atoms with Crippen molar-refractivity contribution in [3.63, 3.8) is 0 Å². The van der Waals surface area contributed by atoms with Crippen LogP contribution < -0.4 is 15.2 Å². The monoisotopic (exact) mass is 275 g/mol. The molecule has 2 rings (SSSR count). The molecule has 1 atom stereocenters. The van der Waals surface area contributed by atoms with Gasteiger partial charge in [0.25, 0.3) is 0 Å². The van der Waals surface area contributed by atoms with Crippen LogP contribution in [0.15, 0.2) is 30.3 Å². The first-order chi connectivity index (χ1) is 9.38. The molecular formula is C16H21NO3. The van der Waals surface area contributed by atoms with E-state index in [2.05, 4.69) is 0 Å². The lowest BCUT2D eigenvalue weighted by molar-refractivity contribution is 0.0521. The van der Waals surface area contributed by atoms with Crippen molar-refractivity contribution < 1.29 is 14.6 Å². The average Bonchev–Trinajstić information content (AvgIpc) is 2.43. The number of rotatable bonds is 4. The maximum atomic E-state index is 10.2. The number of aliphatic hydroxyl groups is 1. The molecular weight excluding hydrogens is 254 g/mol. The van der Waals surface area contributed by atoms with Crippen molar-refractivity contribution in [2.45, 2.75) is 25.5 Å². The minimum absolute atomic E-state index is 0.545. The van der Waals surface area contributed by atoms with Crippen molar-refractivity contribution >= 4 is 10.8 Å². The van der Waals surface area contributed by atoms with E-state index in [4.69, 9.17) is 15.2 Å². The third-order valence-electron chi connectivity index (χ3n) is 3.49. The van der Waals surface area contributed by atoms with Crippen LogP contribution in [0.1, 0.15) is 25.5 Å². The van der Waals surface area contributed by atoms with Crippen molar-refractivity contribution in [3.05, 3.63) is 35.9 Å². The second-order valence-electron chi connectivity index (χ2n) is 5.41. The second kappa shape index (κ2) is 5.31. The smallest absolute Gasteiger partial charge is 0.127 e. The van der Waals surface area contributed by atoms with Gasteiger partial charge in [0.1, 0.15) is 11.5 Å². The van der Waals surface area contributed by atoms with E-state index in [1.54, 1.807) is 28.1 Å². The summed E-state index contributed by atoms with van der Waals surface area (Å²) in [6, 6.07) is 9.01. The van der Waals surface area contributed by atoms with Crippen LogP contribution in [0.25, 0.3) is 10.8 Å². The van der Waals surface area contributed by atoms with Crippen molar-refractivity contribution in [3.8, 4) is 11.5 Å². The van der Waals surface area contributed by atoms with Crippen molar-refractivity contribution in [2.75, 3.05) is 14.2 Å². The summed E-state index contributed by atoms with van der Waals surface area (Å²) < 4.78 is 10.7. The number of ether oxygens (including phenoxy) is 2. The van der Waals surface area contributed by atoms with Gasteiger partial charge in [-0.2, -0.15) is 0 Å². The van der Waals surface area contributed by atoms with Gasteiger partial charge in [-0.25, -0.2) is 0 Å². The fourth-order valence-electron chi connectivity index (χ4n) is 2.31. The Hall–Kier alpha value is -1.78. The van der Waals surface area contributed by atoms with Crippen LogP contribution in [-0.4, -0.2) is 24.9 Å². The van der Waals surface area contributed by atoms with Crippen LogP contribution in [0.2, 0.25) is 0 Å². The number of hydrogen-bond donors (Lipinski definition) is 2. The molecule has 0 spiro atoms. The third kappa shape index (κ3) is 2.57. The molecule has 3 N–H and O–H groups in total. The zero-order chi connectivity index (χ0) is 14.9. The van der Waals surface area contributed by atoms with E-state index in [9.17, 15) is 5.11 Å². The van der Waals surface area contributed by atoms with E-state index in [1.165, 1.54) is 0 Å². The van der Waals surface area contributed by atoms with Gasteiger partial charge in [-0.1, -0.05) is 12.1 Å². The molecule has 0 fully saturated rings. The first-order valence-corrected chi connectivity index (χ1v) is 6.51. The number of methoxy groups -OCH3 is 2. The van der Waals surface area contributed by atoms with E-state index in [0.717, 1.165) is 22.1 Å². The SMILES string of the molecule is COc1cc(C(N)C(C)(C)O)c2c(OC)cccc2c1. The molecule has 108 valence electrons. The predicted octanol–water partition coefficient (Wildman–Crippen LogP) is 2.63. The lowest BCUT2D eigenvalue weighted by Crippen LogP contribution is -2.35. The van der Waals surface area contributed by atoms with E-state index in [-0.39, 0.29) is 0 Å². The maximum absolute atomic E-state index is 10.2. The fraction of sp³-hybridized carbons (Fsp3) is 0.375. The normalized spacial score (nSPS) is 13.3. The Balaban J connectivity index is 2.78. The minimum Gasteiger partial charge on any atom is -0.497 e. The van der Waals surface area contributed by atoms with Gasteiger partial charge in [-0.15, -0.1) is 0 Å². The highest BCUT2D eigenvalue weighted by Crippen LogP contribution is 2.37. The molecule has 20 heavy (non-hydrogen) atoms. The Morgan fingerprint density at radius 3 is 2.40 bits per heavy atom. The molecule has 2 aromatic rings. The lowest BCUT2D eigenvalue weighted by Gasteiger charge is -2.28. The molecule has 0 heterocycles.